The van der Waals surface area contributed by atoms with Crippen molar-refractivity contribution >= 4 is 11.8 Å². The summed E-state index contributed by atoms with van der Waals surface area (Å²) in [6.45, 7) is 0.596. The molecule has 2 unspecified atom stereocenters. The van der Waals surface area contributed by atoms with Crippen LogP contribution in [0.15, 0.2) is 48.5 Å². The first kappa shape index (κ1) is 14.9. The first-order valence-electron chi connectivity index (χ1n) is 8.39. The van der Waals surface area contributed by atoms with Crippen molar-refractivity contribution in [2.24, 2.45) is 5.92 Å². The van der Waals surface area contributed by atoms with Crippen LogP contribution in [-0.4, -0.2) is 18.4 Å². The molecule has 4 nitrogen and oxygen atoms in total. The van der Waals surface area contributed by atoms with Crippen LogP contribution in [0.4, 0.5) is 0 Å². The number of rotatable bonds is 2. The molecule has 4 rings (SSSR count). The third-order valence-electron chi connectivity index (χ3n) is 4.97. The minimum absolute atomic E-state index is 0.102. The van der Waals surface area contributed by atoms with E-state index >= 15 is 0 Å². The summed E-state index contributed by atoms with van der Waals surface area (Å²) < 4.78 is 5.99. The molecule has 2 atom stereocenters. The van der Waals surface area contributed by atoms with Gasteiger partial charge in [0.15, 0.2) is 0 Å². The number of imide groups is 1. The summed E-state index contributed by atoms with van der Waals surface area (Å²) in [5.41, 5.74) is 3.25. The van der Waals surface area contributed by atoms with Crippen LogP contribution < -0.4 is 10.1 Å². The van der Waals surface area contributed by atoms with E-state index in [-0.39, 0.29) is 23.7 Å². The number of ether oxygens (including phenoxy) is 1. The van der Waals surface area contributed by atoms with Gasteiger partial charge in [-0.25, -0.2) is 0 Å². The molecule has 0 aliphatic carbocycles. The van der Waals surface area contributed by atoms with Gasteiger partial charge >= 0.3 is 0 Å². The summed E-state index contributed by atoms with van der Waals surface area (Å²) in [5.74, 6) is 0.516. The zero-order valence-electron chi connectivity index (χ0n) is 13.3. The number of fused-ring (bicyclic) bond motifs is 1. The van der Waals surface area contributed by atoms with Gasteiger partial charge in [0.2, 0.25) is 11.8 Å². The third-order valence-corrected chi connectivity index (χ3v) is 4.97. The molecule has 2 aliphatic heterocycles. The number of amides is 2. The van der Waals surface area contributed by atoms with Crippen molar-refractivity contribution in [3.8, 4) is 16.9 Å². The van der Waals surface area contributed by atoms with Gasteiger partial charge in [-0.3, -0.25) is 14.9 Å². The lowest BCUT2D eigenvalue weighted by Gasteiger charge is -2.34. The highest BCUT2D eigenvalue weighted by atomic mass is 16.5. The summed E-state index contributed by atoms with van der Waals surface area (Å²) in [7, 11) is 0. The fraction of sp³-hybridized carbons (Fsp3) is 0.300. The summed E-state index contributed by atoms with van der Waals surface area (Å²) >= 11 is 0. The average Bonchev–Trinajstić information content (AvgIpc) is 2.62. The number of piperidine rings is 1. The van der Waals surface area contributed by atoms with Crippen molar-refractivity contribution in [3.05, 3.63) is 54.1 Å². The molecule has 2 aromatic rings. The Kier molecular flexibility index (Phi) is 3.81. The molecule has 2 heterocycles. The Balaban J connectivity index is 1.74. The Hall–Kier alpha value is -2.62. The Morgan fingerprint density at radius 2 is 1.75 bits per heavy atom. The fourth-order valence-corrected chi connectivity index (χ4v) is 3.81. The standard InChI is InChI=1S/C20H19NO3/c22-18-10-9-17(20(23)21-18)15-11-12-24-19-14(7-4-8-16(15)19)13-5-2-1-3-6-13/h1-8,15,17H,9-12H2,(H,21,22,23). The quantitative estimate of drug-likeness (QED) is 0.864. The number of carbonyl (C=O) groups is 2. The second-order valence-electron chi connectivity index (χ2n) is 6.39. The molecular weight excluding hydrogens is 302 g/mol. The molecule has 2 amide bonds. The van der Waals surface area contributed by atoms with E-state index in [1.54, 1.807) is 0 Å². The maximum absolute atomic E-state index is 12.3. The summed E-state index contributed by atoms with van der Waals surface area (Å²) in [6, 6.07) is 16.3. The number of benzene rings is 2. The molecule has 0 radical (unpaired) electrons. The monoisotopic (exact) mass is 321 g/mol. The van der Waals surface area contributed by atoms with Gasteiger partial charge in [0.1, 0.15) is 5.75 Å². The molecule has 1 N–H and O–H groups in total. The van der Waals surface area contributed by atoms with Gasteiger partial charge in [0, 0.05) is 23.8 Å². The van der Waals surface area contributed by atoms with E-state index in [1.807, 2.05) is 24.3 Å². The number of para-hydroxylation sites is 1. The van der Waals surface area contributed by atoms with Crippen LogP contribution in [0.2, 0.25) is 0 Å². The molecule has 122 valence electrons. The van der Waals surface area contributed by atoms with Gasteiger partial charge in [-0.2, -0.15) is 0 Å². The smallest absolute Gasteiger partial charge is 0.230 e. The number of nitrogens with one attached hydrogen (secondary N) is 1. The predicted octanol–water partition coefficient (Wildman–Crippen LogP) is 3.27. The van der Waals surface area contributed by atoms with Crippen LogP contribution in [-0.2, 0) is 9.59 Å². The molecule has 1 saturated heterocycles. The zero-order valence-corrected chi connectivity index (χ0v) is 13.3. The third kappa shape index (κ3) is 2.58. The molecule has 0 bridgehead atoms. The second kappa shape index (κ2) is 6.11. The Labute approximate surface area is 140 Å². The van der Waals surface area contributed by atoms with E-state index in [9.17, 15) is 9.59 Å². The molecule has 2 aromatic carbocycles. The van der Waals surface area contributed by atoms with Crippen molar-refractivity contribution in [1.29, 1.82) is 0 Å². The number of hydrogen-bond acceptors (Lipinski definition) is 3. The van der Waals surface area contributed by atoms with Gasteiger partial charge in [-0.05, 0) is 24.0 Å². The summed E-state index contributed by atoms with van der Waals surface area (Å²) in [6.07, 6.45) is 1.84. The lowest BCUT2D eigenvalue weighted by molar-refractivity contribution is -0.137. The van der Waals surface area contributed by atoms with Gasteiger partial charge in [-0.15, -0.1) is 0 Å². The highest BCUT2D eigenvalue weighted by Gasteiger charge is 2.37. The van der Waals surface area contributed by atoms with Crippen molar-refractivity contribution in [2.75, 3.05) is 6.61 Å². The number of carbonyl (C=O) groups excluding carboxylic acids is 2. The Morgan fingerprint density at radius 1 is 0.917 bits per heavy atom. The normalized spacial score (nSPS) is 23.2. The second-order valence-corrected chi connectivity index (χ2v) is 6.39. The van der Waals surface area contributed by atoms with Crippen LogP contribution in [0.25, 0.3) is 11.1 Å². The lowest BCUT2D eigenvalue weighted by Crippen LogP contribution is -2.43. The zero-order chi connectivity index (χ0) is 16.5. The molecular formula is C20H19NO3. The summed E-state index contributed by atoms with van der Waals surface area (Å²) in [4.78, 5) is 23.7. The van der Waals surface area contributed by atoms with Crippen LogP contribution in [0.3, 0.4) is 0 Å². The first-order valence-corrected chi connectivity index (χ1v) is 8.39. The molecule has 0 spiro atoms. The molecule has 2 aliphatic rings. The van der Waals surface area contributed by atoms with Gasteiger partial charge in [-0.1, -0.05) is 48.5 Å². The van der Waals surface area contributed by atoms with E-state index in [0.717, 1.165) is 28.9 Å². The average molecular weight is 321 g/mol. The first-order chi connectivity index (χ1) is 11.7. The summed E-state index contributed by atoms with van der Waals surface area (Å²) in [5, 5.41) is 2.49. The van der Waals surface area contributed by atoms with Crippen LogP contribution in [0.1, 0.15) is 30.7 Å². The molecule has 4 heteroatoms. The highest BCUT2D eigenvalue weighted by Crippen LogP contribution is 2.45. The predicted molar refractivity (Wildman–Crippen MR) is 90.6 cm³/mol. The Morgan fingerprint density at radius 3 is 2.54 bits per heavy atom. The SMILES string of the molecule is O=C1CCC(C2CCOc3c(-c4ccccc4)cccc32)C(=O)N1. The van der Waals surface area contributed by atoms with Crippen molar-refractivity contribution in [2.45, 2.75) is 25.2 Å². The van der Waals surface area contributed by atoms with Crippen molar-refractivity contribution in [1.82, 2.24) is 5.32 Å². The van der Waals surface area contributed by atoms with E-state index in [2.05, 4.69) is 29.6 Å². The minimum atomic E-state index is -0.165. The van der Waals surface area contributed by atoms with E-state index in [0.29, 0.717) is 19.4 Å². The maximum atomic E-state index is 12.3. The van der Waals surface area contributed by atoms with Gasteiger partial charge in [0.05, 0.1) is 6.61 Å². The molecule has 24 heavy (non-hydrogen) atoms. The minimum Gasteiger partial charge on any atom is -0.493 e. The van der Waals surface area contributed by atoms with Gasteiger partial charge in [0.25, 0.3) is 0 Å². The highest BCUT2D eigenvalue weighted by molar-refractivity contribution is 5.99. The topological polar surface area (TPSA) is 55.4 Å². The van der Waals surface area contributed by atoms with Crippen molar-refractivity contribution in [3.63, 3.8) is 0 Å². The van der Waals surface area contributed by atoms with E-state index in [4.69, 9.17) is 4.74 Å². The molecule has 0 saturated carbocycles. The molecule has 1 fully saturated rings. The largest absolute Gasteiger partial charge is 0.493 e. The lowest BCUT2D eigenvalue weighted by atomic mass is 9.77. The van der Waals surface area contributed by atoms with Crippen LogP contribution in [0, 0.1) is 5.92 Å². The fourth-order valence-electron chi connectivity index (χ4n) is 3.81. The Bertz CT molecular complexity index is 785. The van der Waals surface area contributed by atoms with E-state index in [1.165, 1.54) is 0 Å². The van der Waals surface area contributed by atoms with Crippen LogP contribution >= 0.6 is 0 Å². The van der Waals surface area contributed by atoms with E-state index < -0.39 is 0 Å². The maximum Gasteiger partial charge on any atom is 0.230 e. The van der Waals surface area contributed by atoms with Gasteiger partial charge < -0.3 is 4.74 Å². The molecule has 0 aromatic heterocycles. The number of hydrogen-bond donors (Lipinski definition) is 1. The van der Waals surface area contributed by atoms with Crippen LogP contribution in [0.5, 0.6) is 5.75 Å². The van der Waals surface area contributed by atoms with Crippen molar-refractivity contribution < 1.29 is 14.3 Å².